The van der Waals surface area contributed by atoms with Crippen molar-refractivity contribution >= 4 is 21.5 Å². The molecule has 0 aliphatic carbocycles. The lowest BCUT2D eigenvalue weighted by atomic mass is 10.1. The lowest BCUT2D eigenvalue weighted by Gasteiger charge is -2.13. The van der Waals surface area contributed by atoms with Gasteiger partial charge in [0.05, 0.1) is 4.90 Å². The van der Waals surface area contributed by atoms with E-state index in [0.29, 0.717) is 5.75 Å². The topological polar surface area (TPSA) is 81.7 Å². The number of fused-ring (bicyclic) bond motifs is 1. The molecule has 2 aromatic rings. The lowest BCUT2D eigenvalue weighted by Crippen LogP contribution is -2.15. The number of sulfonamides is 1. The van der Waals surface area contributed by atoms with Crippen molar-refractivity contribution in [1.82, 2.24) is 0 Å². The van der Waals surface area contributed by atoms with Gasteiger partial charge in [0.15, 0.2) is 17.3 Å². The number of aryl methyl sites for hydroxylation is 1. The summed E-state index contributed by atoms with van der Waals surface area (Å²) in [5, 5.41) is 0. The van der Waals surface area contributed by atoms with Crippen molar-refractivity contribution in [3.05, 3.63) is 47.5 Å². The highest BCUT2D eigenvalue weighted by Crippen LogP contribution is 2.42. The highest BCUT2D eigenvalue weighted by atomic mass is 32.2. The van der Waals surface area contributed by atoms with Gasteiger partial charge in [-0.15, -0.1) is 0 Å². The van der Waals surface area contributed by atoms with Crippen LogP contribution in [-0.4, -0.2) is 21.0 Å². The third-order valence-corrected chi connectivity index (χ3v) is 4.85. The van der Waals surface area contributed by atoms with E-state index in [-0.39, 0.29) is 34.5 Å². The number of benzene rings is 2. The molecule has 0 atom stereocenters. The van der Waals surface area contributed by atoms with E-state index < -0.39 is 10.0 Å². The number of Topliss-reactive ketones (excluding diaryl/α,β-unsaturated/α-hetero) is 1. The standard InChI is InChI=1S/C16H15NO5S/c1-10-3-5-12(6-4-10)23(19,20)17-15-13(11(2)18)7-8-14-16(15)22-9-21-14/h3-8,17H,9H2,1-2H3. The van der Waals surface area contributed by atoms with Crippen LogP contribution in [0.4, 0.5) is 5.69 Å². The molecule has 23 heavy (non-hydrogen) atoms. The van der Waals surface area contributed by atoms with Crippen molar-refractivity contribution in [3.63, 3.8) is 0 Å². The van der Waals surface area contributed by atoms with Crippen LogP contribution < -0.4 is 14.2 Å². The van der Waals surface area contributed by atoms with E-state index in [4.69, 9.17) is 9.47 Å². The Morgan fingerprint density at radius 2 is 1.78 bits per heavy atom. The molecule has 0 bridgehead atoms. The average molecular weight is 333 g/mol. The molecule has 1 heterocycles. The SMILES string of the molecule is CC(=O)c1ccc2c(c1NS(=O)(=O)c1ccc(C)cc1)OCO2. The minimum atomic E-state index is -3.85. The number of hydrogen-bond acceptors (Lipinski definition) is 5. The Balaban J connectivity index is 2.07. The number of carbonyl (C=O) groups excluding carboxylic acids is 1. The number of anilines is 1. The molecule has 3 rings (SSSR count). The van der Waals surface area contributed by atoms with Gasteiger partial charge in [0, 0.05) is 5.56 Å². The van der Waals surface area contributed by atoms with Crippen molar-refractivity contribution < 1.29 is 22.7 Å². The van der Waals surface area contributed by atoms with Crippen LogP contribution in [0.5, 0.6) is 11.5 Å². The van der Waals surface area contributed by atoms with Gasteiger partial charge >= 0.3 is 0 Å². The first-order chi connectivity index (χ1) is 10.9. The van der Waals surface area contributed by atoms with E-state index in [0.717, 1.165) is 5.56 Å². The zero-order valence-electron chi connectivity index (χ0n) is 12.6. The fourth-order valence-corrected chi connectivity index (χ4v) is 3.36. The first-order valence-electron chi connectivity index (χ1n) is 6.91. The summed E-state index contributed by atoms with van der Waals surface area (Å²) in [7, 11) is -3.85. The van der Waals surface area contributed by atoms with Crippen molar-refractivity contribution in [3.8, 4) is 11.5 Å². The van der Waals surface area contributed by atoms with E-state index in [1.54, 1.807) is 18.2 Å². The van der Waals surface area contributed by atoms with Crippen LogP contribution in [0.15, 0.2) is 41.3 Å². The second-order valence-corrected chi connectivity index (χ2v) is 6.88. The monoisotopic (exact) mass is 333 g/mol. The van der Waals surface area contributed by atoms with Crippen molar-refractivity contribution in [2.75, 3.05) is 11.5 Å². The highest BCUT2D eigenvalue weighted by molar-refractivity contribution is 7.92. The summed E-state index contributed by atoms with van der Waals surface area (Å²) in [6, 6.07) is 9.52. The maximum atomic E-state index is 12.6. The molecule has 0 radical (unpaired) electrons. The van der Waals surface area contributed by atoms with Gasteiger partial charge in [-0.05, 0) is 38.1 Å². The molecule has 1 aliphatic heterocycles. The van der Waals surface area contributed by atoms with E-state index >= 15 is 0 Å². The van der Waals surface area contributed by atoms with E-state index in [1.165, 1.54) is 25.1 Å². The molecule has 7 heteroatoms. The van der Waals surface area contributed by atoms with Gasteiger partial charge in [-0.2, -0.15) is 0 Å². The average Bonchev–Trinajstić information content (AvgIpc) is 2.96. The Kier molecular flexibility index (Phi) is 3.73. The highest BCUT2D eigenvalue weighted by Gasteiger charge is 2.26. The van der Waals surface area contributed by atoms with Gasteiger partial charge in [0.1, 0.15) is 5.69 Å². The molecule has 2 aromatic carbocycles. The summed E-state index contributed by atoms with van der Waals surface area (Å²) >= 11 is 0. The smallest absolute Gasteiger partial charge is 0.262 e. The third-order valence-electron chi connectivity index (χ3n) is 3.49. The molecule has 120 valence electrons. The minimum Gasteiger partial charge on any atom is -0.454 e. The summed E-state index contributed by atoms with van der Waals surface area (Å²) in [5.74, 6) is 0.356. The number of rotatable bonds is 4. The molecule has 0 fully saturated rings. The molecular formula is C16H15NO5S. The zero-order chi connectivity index (χ0) is 16.6. The number of nitrogens with one attached hydrogen (secondary N) is 1. The summed E-state index contributed by atoms with van der Waals surface area (Å²) in [6.45, 7) is 3.21. The largest absolute Gasteiger partial charge is 0.454 e. The maximum absolute atomic E-state index is 12.6. The van der Waals surface area contributed by atoms with Crippen LogP contribution >= 0.6 is 0 Å². The van der Waals surface area contributed by atoms with Gasteiger partial charge in [-0.3, -0.25) is 9.52 Å². The normalized spacial score (nSPS) is 13.0. The minimum absolute atomic E-state index is 0.0179. The predicted molar refractivity (Wildman–Crippen MR) is 84.6 cm³/mol. The fraction of sp³-hybridized carbons (Fsp3) is 0.188. The molecule has 6 nitrogen and oxygen atoms in total. The van der Waals surface area contributed by atoms with Crippen LogP contribution in [0.1, 0.15) is 22.8 Å². The molecule has 0 spiro atoms. The molecular weight excluding hydrogens is 318 g/mol. The number of carbonyl (C=O) groups is 1. The summed E-state index contributed by atoms with van der Waals surface area (Å²) in [5.41, 5.74) is 1.28. The van der Waals surface area contributed by atoms with Crippen molar-refractivity contribution in [1.29, 1.82) is 0 Å². The third kappa shape index (κ3) is 2.87. The van der Waals surface area contributed by atoms with Crippen LogP contribution in [0, 0.1) is 6.92 Å². The van der Waals surface area contributed by atoms with Crippen LogP contribution in [-0.2, 0) is 10.0 Å². The Hall–Kier alpha value is -2.54. The molecule has 1 aliphatic rings. The fourth-order valence-electron chi connectivity index (χ4n) is 2.28. The zero-order valence-corrected chi connectivity index (χ0v) is 13.4. The Morgan fingerprint density at radius 1 is 1.09 bits per heavy atom. The van der Waals surface area contributed by atoms with E-state index in [9.17, 15) is 13.2 Å². The lowest BCUT2D eigenvalue weighted by molar-refractivity contribution is 0.101. The van der Waals surface area contributed by atoms with Crippen LogP contribution in [0.2, 0.25) is 0 Å². The van der Waals surface area contributed by atoms with Crippen molar-refractivity contribution in [2.45, 2.75) is 18.7 Å². The van der Waals surface area contributed by atoms with Gasteiger partial charge < -0.3 is 9.47 Å². The van der Waals surface area contributed by atoms with Gasteiger partial charge in [-0.1, -0.05) is 17.7 Å². The number of hydrogen-bond donors (Lipinski definition) is 1. The molecule has 0 unspecified atom stereocenters. The first-order valence-corrected chi connectivity index (χ1v) is 8.40. The van der Waals surface area contributed by atoms with Gasteiger partial charge in [-0.25, -0.2) is 8.42 Å². The molecule has 0 saturated heterocycles. The summed E-state index contributed by atoms with van der Waals surface area (Å²) in [6.07, 6.45) is 0. The quantitative estimate of drug-likeness (QED) is 0.870. The predicted octanol–water partition coefficient (Wildman–Crippen LogP) is 2.73. The Bertz CT molecular complexity index is 872. The second-order valence-electron chi connectivity index (χ2n) is 5.20. The number of ether oxygens (including phenoxy) is 2. The van der Waals surface area contributed by atoms with E-state index in [1.807, 2.05) is 6.92 Å². The molecule has 1 N–H and O–H groups in total. The maximum Gasteiger partial charge on any atom is 0.262 e. The van der Waals surface area contributed by atoms with Crippen LogP contribution in [0.25, 0.3) is 0 Å². The molecule has 0 saturated carbocycles. The molecule has 0 aromatic heterocycles. The second kappa shape index (κ2) is 5.58. The van der Waals surface area contributed by atoms with Gasteiger partial charge in [0.2, 0.25) is 6.79 Å². The van der Waals surface area contributed by atoms with Crippen molar-refractivity contribution in [2.24, 2.45) is 0 Å². The Morgan fingerprint density at radius 3 is 2.43 bits per heavy atom. The molecule has 0 amide bonds. The number of ketones is 1. The first kappa shape index (κ1) is 15.4. The van der Waals surface area contributed by atoms with Gasteiger partial charge in [0.25, 0.3) is 10.0 Å². The van der Waals surface area contributed by atoms with Crippen LogP contribution in [0.3, 0.4) is 0 Å². The summed E-state index contributed by atoms with van der Waals surface area (Å²) < 4.78 is 38.1. The Labute approximate surface area is 134 Å². The van der Waals surface area contributed by atoms with E-state index in [2.05, 4.69) is 4.72 Å². The summed E-state index contributed by atoms with van der Waals surface area (Å²) in [4.78, 5) is 11.9.